The fourth-order valence-corrected chi connectivity index (χ4v) is 7.84. The standard InChI is InChI=1S/C24H34N8O5S/c1-12(5-15(33)10-31-11-27-28-29-31)18-19-13(2)21(20(24(36)37)32(19)23(18)35)38-16-6-17(26-8-16)22(34)30-4-3-14(7-25)9-30/h11-14,16-19,26H,3-10,25H2,1-2H3,(H,36,37)/t12-,13+,14-,16-,17-,18+,19+/m0/s1. The van der Waals surface area contributed by atoms with Crippen LogP contribution in [0.5, 0.6) is 0 Å². The number of carbonyl (C=O) groups is 4. The molecule has 3 fully saturated rings. The summed E-state index contributed by atoms with van der Waals surface area (Å²) in [5, 5.41) is 24.1. The number of hydrogen-bond donors (Lipinski definition) is 3. The number of Topliss-reactive ketones (excluding diaryl/α,β-unsaturated/α-hetero) is 1. The van der Waals surface area contributed by atoms with E-state index >= 15 is 0 Å². The minimum atomic E-state index is -1.13. The molecule has 0 aromatic carbocycles. The van der Waals surface area contributed by atoms with E-state index in [4.69, 9.17) is 5.73 Å². The Balaban J connectivity index is 1.22. The lowest BCUT2D eigenvalue weighted by Gasteiger charge is -2.47. The Morgan fingerprint density at radius 1 is 1.34 bits per heavy atom. The van der Waals surface area contributed by atoms with Crippen molar-refractivity contribution in [2.75, 3.05) is 26.2 Å². The number of aromatic nitrogens is 4. The van der Waals surface area contributed by atoms with Crippen molar-refractivity contribution in [1.29, 1.82) is 0 Å². The number of carbonyl (C=O) groups excluding carboxylic acids is 3. The van der Waals surface area contributed by atoms with Gasteiger partial charge < -0.3 is 26.0 Å². The van der Waals surface area contributed by atoms with Gasteiger partial charge in [0.05, 0.1) is 18.0 Å². The van der Waals surface area contributed by atoms with Crippen molar-refractivity contribution >= 4 is 35.3 Å². The smallest absolute Gasteiger partial charge is 0.353 e. The summed E-state index contributed by atoms with van der Waals surface area (Å²) in [4.78, 5) is 54.9. The Labute approximate surface area is 224 Å². The van der Waals surface area contributed by atoms with Gasteiger partial charge in [-0.1, -0.05) is 13.8 Å². The highest BCUT2D eigenvalue weighted by Gasteiger charge is 2.60. The molecule has 4 aliphatic heterocycles. The minimum Gasteiger partial charge on any atom is -0.477 e. The molecule has 7 atom stereocenters. The van der Waals surface area contributed by atoms with Crippen LogP contribution in [0.15, 0.2) is 16.9 Å². The van der Waals surface area contributed by atoms with Gasteiger partial charge in [-0.25, -0.2) is 9.48 Å². The van der Waals surface area contributed by atoms with Gasteiger partial charge in [0, 0.05) is 42.1 Å². The largest absolute Gasteiger partial charge is 0.477 e. The molecule has 38 heavy (non-hydrogen) atoms. The molecule has 0 bridgehead atoms. The summed E-state index contributed by atoms with van der Waals surface area (Å²) in [6.45, 7) is 6.41. The van der Waals surface area contributed by atoms with Gasteiger partial charge in [0.15, 0.2) is 5.78 Å². The first-order valence-electron chi connectivity index (χ1n) is 13.1. The highest BCUT2D eigenvalue weighted by Crippen LogP contribution is 2.53. The fraction of sp³-hybridized carbons (Fsp3) is 0.708. The van der Waals surface area contributed by atoms with Crippen molar-refractivity contribution in [1.82, 2.24) is 35.3 Å². The lowest BCUT2D eigenvalue weighted by Crippen LogP contribution is -2.62. The second-order valence-electron chi connectivity index (χ2n) is 10.9. The number of ketones is 1. The van der Waals surface area contributed by atoms with E-state index in [2.05, 4.69) is 20.8 Å². The van der Waals surface area contributed by atoms with Crippen LogP contribution in [0, 0.1) is 23.7 Å². The zero-order valence-corrected chi connectivity index (χ0v) is 22.3. The molecule has 3 saturated heterocycles. The lowest BCUT2D eigenvalue weighted by atomic mass is 9.73. The Bertz CT molecular complexity index is 1140. The van der Waals surface area contributed by atoms with Crippen molar-refractivity contribution in [3.63, 3.8) is 0 Å². The van der Waals surface area contributed by atoms with Crippen LogP contribution in [0.25, 0.3) is 0 Å². The zero-order valence-electron chi connectivity index (χ0n) is 21.5. The van der Waals surface area contributed by atoms with Crippen LogP contribution in [-0.2, 0) is 25.7 Å². The third-order valence-corrected chi connectivity index (χ3v) is 9.81. The van der Waals surface area contributed by atoms with Gasteiger partial charge in [0.1, 0.15) is 18.6 Å². The van der Waals surface area contributed by atoms with Gasteiger partial charge >= 0.3 is 5.97 Å². The molecule has 0 aliphatic carbocycles. The van der Waals surface area contributed by atoms with Gasteiger partial charge in [-0.05, 0) is 41.6 Å². The second kappa shape index (κ2) is 10.7. The van der Waals surface area contributed by atoms with E-state index in [1.54, 1.807) is 0 Å². The Kier molecular flexibility index (Phi) is 7.56. The molecule has 0 spiro atoms. The number of likely N-dealkylation sites (tertiary alicyclic amines) is 1. The molecule has 2 amide bonds. The van der Waals surface area contributed by atoms with E-state index < -0.39 is 11.9 Å². The van der Waals surface area contributed by atoms with E-state index in [1.165, 1.54) is 27.7 Å². The van der Waals surface area contributed by atoms with E-state index in [9.17, 15) is 24.3 Å². The highest BCUT2D eigenvalue weighted by atomic mass is 32.2. The molecule has 0 radical (unpaired) electrons. The number of rotatable bonds is 10. The van der Waals surface area contributed by atoms with Crippen molar-refractivity contribution in [2.24, 2.45) is 29.4 Å². The Morgan fingerprint density at radius 3 is 2.79 bits per heavy atom. The van der Waals surface area contributed by atoms with E-state index in [0.29, 0.717) is 36.9 Å². The number of carboxylic acids is 1. The molecular formula is C24H34N8O5S. The number of nitrogens with two attached hydrogens (primary N) is 1. The first-order valence-corrected chi connectivity index (χ1v) is 14.0. The topological polar surface area (TPSA) is 177 Å². The molecule has 1 aromatic rings. The predicted molar refractivity (Wildman–Crippen MR) is 136 cm³/mol. The maximum absolute atomic E-state index is 13.2. The molecule has 14 heteroatoms. The maximum atomic E-state index is 13.2. The number of nitrogens with zero attached hydrogens (tertiary/aromatic N) is 6. The van der Waals surface area contributed by atoms with Crippen molar-refractivity contribution in [3.05, 3.63) is 16.9 Å². The number of tetrazole rings is 1. The predicted octanol–water partition coefficient (Wildman–Crippen LogP) is -0.688. The van der Waals surface area contributed by atoms with Crippen molar-refractivity contribution < 1.29 is 24.3 Å². The molecule has 0 unspecified atom stereocenters. The number of hydrogen-bond acceptors (Lipinski definition) is 10. The zero-order chi connectivity index (χ0) is 27.1. The van der Waals surface area contributed by atoms with Crippen LogP contribution in [0.1, 0.15) is 33.1 Å². The summed E-state index contributed by atoms with van der Waals surface area (Å²) in [5.41, 5.74) is 5.81. The monoisotopic (exact) mass is 546 g/mol. The summed E-state index contributed by atoms with van der Waals surface area (Å²) in [7, 11) is 0. The number of aliphatic carboxylic acids is 1. The molecule has 5 rings (SSSR count). The summed E-state index contributed by atoms with van der Waals surface area (Å²) < 4.78 is 1.34. The molecule has 13 nitrogen and oxygen atoms in total. The first kappa shape index (κ1) is 26.8. The molecule has 0 saturated carbocycles. The third-order valence-electron chi connectivity index (χ3n) is 8.30. The Hall–Kier alpha value is -2.84. The van der Waals surface area contributed by atoms with Gasteiger partial charge in [0.2, 0.25) is 11.8 Å². The quantitative estimate of drug-likeness (QED) is 0.317. The second-order valence-corrected chi connectivity index (χ2v) is 12.2. The molecule has 1 aromatic heterocycles. The number of thioether (sulfide) groups is 1. The van der Waals surface area contributed by atoms with Crippen LogP contribution >= 0.6 is 11.8 Å². The van der Waals surface area contributed by atoms with Crippen LogP contribution in [0.2, 0.25) is 0 Å². The molecule has 206 valence electrons. The van der Waals surface area contributed by atoms with E-state index in [0.717, 1.165) is 13.0 Å². The SMILES string of the molecule is C[C@@H](CC(=O)Cn1cnnn1)[C@H]1C(=O)N2C(C(=O)O)=C(S[C@@H]3CN[C@H](C(=O)N4CC[C@@H](CN)C4)C3)[C@H](C)[C@H]12. The van der Waals surface area contributed by atoms with Crippen molar-refractivity contribution in [3.8, 4) is 0 Å². The first-order chi connectivity index (χ1) is 18.2. The highest BCUT2D eigenvalue weighted by molar-refractivity contribution is 8.03. The number of β-lactam (4-membered cyclic amide) rings is 1. The molecule has 4 aliphatic rings. The van der Waals surface area contributed by atoms with Crippen LogP contribution in [0.4, 0.5) is 0 Å². The van der Waals surface area contributed by atoms with Gasteiger partial charge in [-0.2, -0.15) is 0 Å². The van der Waals surface area contributed by atoms with E-state index in [1.807, 2.05) is 18.7 Å². The number of amides is 2. The fourth-order valence-electron chi connectivity index (χ4n) is 6.36. The van der Waals surface area contributed by atoms with Crippen LogP contribution < -0.4 is 11.1 Å². The third kappa shape index (κ3) is 4.84. The Morgan fingerprint density at radius 2 is 2.13 bits per heavy atom. The van der Waals surface area contributed by atoms with Crippen LogP contribution in [0.3, 0.4) is 0 Å². The van der Waals surface area contributed by atoms with Crippen molar-refractivity contribution in [2.45, 2.75) is 57.0 Å². The maximum Gasteiger partial charge on any atom is 0.353 e. The molecule has 5 heterocycles. The van der Waals surface area contributed by atoms with Gasteiger partial charge in [0.25, 0.3) is 0 Å². The van der Waals surface area contributed by atoms with Crippen LogP contribution in [-0.4, -0.2) is 102 Å². The number of carboxylic acid groups (broad SMARTS) is 1. The normalized spacial score (nSPS) is 31.5. The summed E-state index contributed by atoms with van der Waals surface area (Å²) in [5.74, 6) is -1.90. The molecule has 4 N–H and O–H groups in total. The number of nitrogens with one attached hydrogen (secondary N) is 1. The minimum absolute atomic E-state index is 0.0196. The van der Waals surface area contributed by atoms with Gasteiger partial charge in [-0.15, -0.1) is 16.9 Å². The number of fused-ring (bicyclic) bond motifs is 1. The summed E-state index contributed by atoms with van der Waals surface area (Å²) in [6, 6.07) is -0.594. The molecular weight excluding hydrogens is 512 g/mol. The lowest BCUT2D eigenvalue weighted by molar-refractivity contribution is -0.160. The average molecular weight is 547 g/mol. The van der Waals surface area contributed by atoms with E-state index in [-0.39, 0.29) is 65.4 Å². The van der Waals surface area contributed by atoms with Gasteiger partial charge in [-0.3, -0.25) is 14.4 Å². The summed E-state index contributed by atoms with van der Waals surface area (Å²) >= 11 is 1.47. The summed E-state index contributed by atoms with van der Waals surface area (Å²) in [6.07, 6.45) is 3.06. The average Bonchev–Trinajstić information content (AvgIpc) is 3.67.